The summed E-state index contributed by atoms with van der Waals surface area (Å²) >= 11 is 0. The molecule has 0 aromatic heterocycles. The maximum Gasteiger partial charge on any atom is 0.0547 e. The van der Waals surface area contributed by atoms with Crippen molar-refractivity contribution in [3.05, 3.63) is 0 Å². The average molecular weight is 242 g/mol. The van der Waals surface area contributed by atoms with E-state index in [-0.39, 0.29) is 0 Å². The highest BCUT2D eigenvalue weighted by molar-refractivity contribution is 4.88. The van der Waals surface area contributed by atoms with E-state index in [1.807, 2.05) is 0 Å². The molecule has 1 fully saturated rings. The van der Waals surface area contributed by atoms with Crippen LogP contribution in [0.1, 0.15) is 40.0 Å². The normalized spacial score (nSPS) is 26.6. The number of hydrogen-bond acceptors (Lipinski definition) is 3. The molecule has 1 N–H and O–H groups in total. The fourth-order valence-corrected chi connectivity index (χ4v) is 2.68. The molecule has 102 valence electrons. The van der Waals surface area contributed by atoms with Crippen molar-refractivity contribution in [3.63, 3.8) is 0 Å². The molecule has 0 aromatic carbocycles. The number of ether oxygens (including phenoxy) is 1. The SMILES string of the molecule is CCCC(C)N(C)CC1(CNCC)CCOC1. The fourth-order valence-electron chi connectivity index (χ4n) is 2.68. The van der Waals surface area contributed by atoms with E-state index >= 15 is 0 Å². The molecule has 2 unspecified atom stereocenters. The van der Waals surface area contributed by atoms with Crippen LogP contribution in [0.4, 0.5) is 0 Å². The molecule has 0 amide bonds. The summed E-state index contributed by atoms with van der Waals surface area (Å²) in [5.74, 6) is 0. The number of nitrogens with zero attached hydrogens (tertiary/aromatic N) is 1. The van der Waals surface area contributed by atoms with Gasteiger partial charge in [0, 0.05) is 31.2 Å². The van der Waals surface area contributed by atoms with E-state index in [4.69, 9.17) is 4.74 Å². The average Bonchev–Trinajstić information content (AvgIpc) is 2.76. The summed E-state index contributed by atoms with van der Waals surface area (Å²) in [6.07, 6.45) is 3.75. The first-order valence-corrected chi connectivity index (χ1v) is 7.12. The van der Waals surface area contributed by atoms with E-state index in [0.29, 0.717) is 11.5 Å². The third-order valence-electron chi connectivity index (χ3n) is 3.98. The lowest BCUT2D eigenvalue weighted by Gasteiger charge is -2.35. The minimum atomic E-state index is 0.340. The molecule has 3 heteroatoms. The Morgan fingerprint density at radius 2 is 2.18 bits per heavy atom. The van der Waals surface area contributed by atoms with Crippen LogP contribution in [0, 0.1) is 5.41 Å². The van der Waals surface area contributed by atoms with E-state index in [1.54, 1.807) is 0 Å². The van der Waals surface area contributed by atoms with Gasteiger partial charge in [0.2, 0.25) is 0 Å². The summed E-state index contributed by atoms with van der Waals surface area (Å²) in [6, 6.07) is 0.680. The fraction of sp³-hybridized carbons (Fsp3) is 1.00. The third-order valence-corrected chi connectivity index (χ3v) is 3.98. The van der Waals surface area contributed by atoms with Crippen LogP contribution < -0.4 is 5.32 Å². The van der Waals surface area contributed by atoms with E-state index in [2.05, 4.69) is 38.0 Å². The zero-order chi connectivity index (χ0) is 12.7. The van der Waals surface area contributed by atoms with Crippen molar-refractivity contribution in [2.45, 2.75) is 46.1 Å². The zero-order valence-corrected chi connectivity index (χ0v) is 12.1. The monoisotopic (exact) mass is 242 g/mol. The summed E-state index contributed by atoms with van der Waals surface area (Å²) in [6.45, 7) is 11.9. The molecule has 0 aromatic rings. The van der Waals surface area contributed by atoms with E-state index in [1.165, 1.54) is 19.3 Å². The maximum atomic E-state index is 5.63. The van der Waals surface area contributed by atoms with Gasteiger partial charge in [0.1, 0.15) is 0 Å². The Kier molecular flexibility index (Phi) is 6.45. The quantitative estimate of drug-likeness (QED) is 0.705. The maximum absolute atomic E-state index is 5.63. The molecule has 1 aliphatic rings. The van der Waals surface area contributed by atoms with Crippen molar-refractivity contribution >= 4 is 0 Å². The molecule has 1 rings (SSSR count). The Balaban J connectivity index is 2.48. The standard InChI is InChI=1S/C14H30N2O/c1-5-7-13(3)16(4)11-14(10-15-6-2)8-9-17-12-14/h13,15H,5-12H2,1-4H3. The van der Waals surface area contributed by atoms with Gasteiger partial charge in [-0.2, -0.15) is 0 Å². The lowest BCUT2D eigenvalue weighted by atomic mass is 9.86. The number of hydrogen-bond donors (Lipinski definition) is 1. The van der Waals surface area contributed by atoms with Gasteiger partial charge in [0.15, 0.2) is 0 Å². The molecular formula is C14H30N2O. The van der Waals surface area contributed by atoms with Gasteiger partial charge in [0.25, 0.3) is 0 Å². The van der Waals surface area contributed by atoms with Crippen LogP contribution in [-0.2, 0) is 4.74 Å². The van der Waals surface area contributed by atoms with E-state index in [9.17, 15) is 0 Å². The molecule has 1 aliphatic heterocycles. The Morgan fingerprint density at radius 3 is 2.71 bits per heavy atom. The predicted molar refractivity (Wildman–Crippen MR) is 73.4 cm³/mol. The lowest BCUT2D eigenvalue weighted by Crippen LogP contribution is -2.46. The molecule has 0 radical (unpaired) electrons. The zero-order valence-electron chi connectivity index (χ0n) is 12.1. The van der Waals surface area contributed by atoms with Crippen LogP contribution in [-0.4, -0.2) is 50.8 Å². The summed E-state index contributed by atoms with van der Waals surface area (Å²) < 4.78 is 5.63. The molecule has 0 aliphatic carbocycles. The second kappa shape index (κ2) is 7.34. The topological polar surface area (TPSA) is 24.5 Å². The van der Waals surface area contributed by atoms with E-state index < -0.39 is 0 Å². The van der Waals surface area contributed by atoms with Gasteiger partial charge in [0.05, 0.1) is 6.61 Å². The molecule has 0 bridgehead atoms. The van der Waals surface area contributed by atoms with Crippen molar-refractivity contribution in [1.29, 1.82) is 0 Å². The minimum Gasteiger partial charge on any atom is -0.381 e. The molecule has 2 atom stereocenters. The number of rotatable bonds is 8. The first-order valence-electron chi connectivity index (χ1n) is 7.12. The molecule has 0 spiro atoms. The van der Waals surface area contributed by atoms with Crippen LogP contribution in [0.25, 0.3) is 0 Å². The molecule has 1 saturated heterocycles. The summed E-state index contributed by atoms with van der Waals surface area (Å²) in [4.78, 5) is 2.51. The van der Waals surface area contributed by atoms with Crippen molar-refractivity contribution in [2.75, 3.05) is 39.9 Å². The van der Waals surface area contributed by atoms with E-state index in [0.717, 1.165) is 32.8 Å². The van der Waals surface area contributed by atoms with Crippen molar-refractivity contribution < 1.29 is 4.74 Å². The van der Waals surface area contributed by atoms with Gasteiger partial charge >= 0.3 is 0 Å². The van der Waals surface area contributed by atoms with Crippen molar-refractivity contribution in [2.24, 2.45) is 5.41 Å². The molecule has 17 heavy (non-hydrogen) atoms. The molecule has 1 heterocycles. The van der Waals surface area contributed by atoms with Crippen LogP contribution in [0.2, 0.25) is 0 Å². The summed E-state index contributed by atoms with van der Waals surface area (Å²) in [7, 11) is 2.26. The van der Waals surface area contributed by atoms with Crippen molar-refractivity contribution in [1.82, 2.24) is 10.2 Å². The van der Waals surface area contributed by atoms with Crippen LogP contribution in [0.3, 0.4) is 0 Å². The first kappa shape index (κ1) is 14.9. The second-order valence-corrected chi connectivity index (χ2v) is 5.64. The third kappa shape index (κ3) is 4.57. The largest absolute Gasteiger partial charge is 0.381 e. The lowest BCUT2D eigenvalue weighted by molar-refractivity contribution is 0.102. The Hall–Kier alpha value is -0.120. The van der Waals surface area contributed by atoms with Gasteiger partial charge < -0.3 is 15.0 Å². The van der Waals surface area contributed by atoms with Gasteiger partial charge in [-0.15, -0.1) is 0 Å². The highest BCUT2D eigenvalue weighted by Gasteiger charge is 2.36. The Morgan fingerprint density at radius 1 is 1.41 bits per heavy atom. The predicted octanol–water partition coefficient (Wildman–Crippen LogP) is 2.12. The molecule has 3 nitrogen and oxygen atoms in total. The van der Waals surface area contributed by atoms with Gasteiger partial charge in [-0.3, -0.25) is 0 Å². The Labute approximate surface area is 107 Å². The van der Waals surface area contributed by atoms with Crippen LogP contribution in [0.5, 0.6) is 0 Å². The van der Waals surface area contributed by atoms with Crippen LogP contribution >= 0.6 is 0 Å². The summed E-state index contributed by atoms with van der Waals surface area (Å²) in [5.41, 5.74) is 0.340. The van der Waals surface area contributed by atoms with Crippen molar-refractivity contribution in [3.8, 4) is 0 Å². The first-order chi connectivity index (χ1) is 8.13. The van der Waals surface area contributed by atoms with Gasteiger partial charge in [-0.05, 0) is 33.4 Å². The van der Waals surface area contributed by atoms with Gasteiger partial charge in [-0.25, -0.2) is 0 Å². The van der Waals surface area contributed by atoms with Crippen LogP contribution in [0.15, 0.2) is 0 Å². The number of nitrogens with one attached hydrogen (secondary N) is 1. The smallest absolute Gasteiger partial charge is 0.0547 e. The molecular weight excluding hydrogens is 212 g/mol. The van der Waals surface area contributed by atoms with Gasteiger partial charge in [-0.1, -0.05) is 20.3 Å². The minimum absolute atomic E-state index is 0.340. The highest BCUT2D eigenvalue weighted by atomic mass is 16.5. The second-order valence-electron chi connectivity index (χ2n) is 5.64. The summed E-state index contributed by atoms with van der Waals surface area (Å²) in [5, 5.41) is 3.50. The Bertz CT molecular complexity index is 202. The molecule has 0 saturated carbocycles. The highest BCUT2D eigenvalue weighted by Crippen LogP contribution is 2.29.